The molecule has 0 bridgehead atoms. The topological polar surface area (TPSA) is 51.8 Å². The molecule has 4 heteroatoms. The Kier molecular flexibility index (Phi) is 1.31. The maximum Gasteiger partial charge on any atom is 0.156 e. The van der Waals surface area contributed by atoms with Crippen LogP contribution in [0.5, 0.6) is 0 Å². The van der Waals surface area contributed by atoms with E-state index in [1.54, 1.807) is 12.3 Å². The van der Waals surface area contributed by atoms with E-state index in [0.29, 0.717) is 0 Å². The molecule has 4 nitrogen and oxygen atoms in total. The highest BCUT2D eigenvalue weighted by Gasteiger charge is 2.04. The fourth-order valence-electron chi connectivity index (χ4n) is 1.02. The molecule has 0 amide bonds. The lowest BCUT2D eigenvalue weighted by atomic mass is 10.2. The standard InChI is InChI=1S/C7H7N3O/c1-2-5-7-6(3-4-8-5)9-11-10-7/h3-4H,2H2,1H3. The van der Waals surface area contributed by atoms with Crippen LogP contribution in [0.15, 0.2) is 16.9 Å². The first-order valence-corrected chi connectivity index (χ1v) is 3.48. The lowest BCUT2D eigenvalue weighted by Crippen LogP contribution is -1.86. The number of hydrogen-bond donors (Lipinski definition) is 0. The lowest BCUT2D eigenvalue weighted by molar-refractivity contribution is 0.315. The Morgan fingerprint density at radius 1 is 1.45 bits per heavy atom. The van der Waals surface area contributed by atoms with Crippen LogP contribution in [-0.4, -0.2) is 15.3 Å². The number of fused-ring (bicyclic) bond motifs is 1. The van der Waals surface area contributed by atoms with Crippen LogP contribution in [0.3, 0.4) is 0 Å². The fourth-order valence-corrected chi connectivity index (χ4v) is 1.02. The molecule has 0 aliphatic rings. The van der Waals surface area contributed by atoms with Gasteiger partial charge in [-0.15, -0.1) is 0 Å². The van der Waals surface area contributed by atoms with Crippen molar-refractivity contribution in [3.05, 3.63) is 18.0 Å². The van der Waals surface area contributed by atoms with Gasteiger partial charge < -0.3 is 0 Å². The van der Waals surface area contributed by atoms with Crippen molar-refractivity contribution in [1.82, 2.24) is 15.3 Å². The second kappa shape index (κ2) is 2.30. The molecule has 0 aliphatic carbocycles. The normalized spacial score (nSPS) is 10.6. The first-order valence-electron chi connectivity index (χ1n) is 3.48. The Labute approximate surface area is 63.2 Å². The van der Waals surface area contributed by atoms with Crippen LogP contribution in [0.4, 0.5) is 0 Å². The summed E-state index contributed by atoms with van der Waals surface area (Å²) >= 11 is 0. The van der Waals surface area contributed by atoms with Gasteiger partial charge in [-0.2, -0.15) is 0 Å². The van der Waals surface area contributed by atoms with Crippen LogP contribution >= 0.6 is 0 Å². The average molecular weight is 149 g/mol. The molecule has 0 saturated heterocycles. The van der Waals surface area contributed by atoms with E-state index in [0.717, 1.165) is 23.1 Å². The van der Waals surface area contributed by atoms with Crippen molar-refractivity contribution in [2.75, 3.05) is 0 Å². The summed E-state index contributed by atoms with van der Waals surface area (Å²) in [5.41, 5.74) is 2.48. The van der Waals surface area contributed by atoms with Crippen LogP contribution in [0.1, 0.15) is 12.6 Å². The summed E-state index contributed by atoms with van der Waals surface area (Å²) < 4.78 is 4.57. The fraction of sp³-hybridized carbons (Fsp3) is 0.286. The van der Waals surface area contributed by atoms with Gasteiger partial charge in [-0.1, -0.05) is 6.92 Å². The summed E-state index contributed by atoms with van der Waals surface area (Å²) in [7, 11) is 0. The zero-order chi connectivity index (χ0) is 7.68. The molecule has 11 heavy (non-hydrogen) atoms. The molecular weight excluding hydrogens is 142 g/mol. The van der Waals surface area contributed by atoms with Gasteiger partial charge in [0.25, 0.3) is 0 Å². The Morgan fingerprint density at radius 2 is 2.36 bits per heavy atom. The first kappa shape index (κ1) is 6.27. The highest BCUT2D eigenvalue weighted by atomic mass is 16.6. The third-order valence-electron chi connectivity index (χ3n) is 1.58. The van der Waals surface area contributed by atoms with Crippen LogP contribution in [0, 0.1) is 0 Å². The van der Waals surface area contributed by atoms with Crippen LogP contribution in [-0.2, 0) is 6.42 Å². The van der Waals surface area contributed by atoms with Crippen molar-refractivity contribution in [1.29, 1.82) is 0 Å². The SMILES string of the molecule is CCc1nccc2nonc12. The molecule has 0 N–H and O–H groups in total. The lowest BCUT2D eigenvalue weighted by Gasteiger charge is -1.91. The molecule has 2 aromatic rings. The number of nitrogens with zero attached hydrogens (tertiary/aromatic N) is 3. The van der Waals surface area contributed by atoms with Gasteiger partial charge in [0, 0.05) is 6.20 Å². The molecule has 2 heterocycles. The van der Waals surface area contributed by atoms with Crippen molar-refractivity contribution in [2.24, 2.45) is 0 Å². The van der Waals surface area contributed by atoms with Gasteiger partial charge in [-0.05, 0) is 22.8 Å². The molecule has 0 saturated carbocycles. The third kappa shape index (κ3) is 0.869. The molecule has 0 aliphatic heterocycles. The summed E-state index contributed by atoms with van der Waals surface area (Å²) in [5, 5.41) is 7.44. The molecule has 0 fully saturated rings. The molecule has 56 valence electrons. The van der Waals surface area contributed by atoms with Crippen molar-refractivity contribution in [3.63, 3.8) is 0 Å². The maximum atomic E-state index is 4.57. The maximum absolute atomic E-state index is 4.57. The minimum atomic E-state index is 0.773. The van der Waals surface area contributed by atoms with E-state index in [1.165, 1.54) is 0 Å². The van der Waals surface area contributed by atoms with Crippen molar-refractivity contribution in [2.45, 2.75) is 13.3 Å². The van der Waals surface area contributed by atoms with Gasteiger partial charge in [-0.25, -0.2) is 4.63 Å². The molecule has 2 aromatic heterocycles. The Bertz CT molecular complexity index is 368. The zero-order valence-electron chi connectivity index (χ0n) is 6.11. The molecule has 2 rings (SSSR count). The monoisotopic (exact) mass is 149 g/mol. The number of aryl methyl sites for hydroxylation is 1. The van der Waals surface area contributed by atoms with E-state index in [-0.39, 0.29) is 0 Å². The number of hydrogen-bond acceptors (Lipinski definition) is 4. The van der Waals surface area contributed by atoms with E-state index < -0.39 is 0 Å². The smallest absolute Gasteiger partial charge is 0.156 e. The quantitative estimate of drug-likeness (QED) is 0.610. The predicted octanol–water partition coefficient (Wildman–Crippen LogP) is 1.18. The molecule has 0 spiro atoms. The summed E-state index contributed by atoms with van der Waals surface area (Å²) in [4.78, 5) is 4.14. The summed E-state index contributed by atoms with van der Waals surface area (Å²) in [6.07, 6.45) is 2.57. The molecule has 0 aromatic carbocycles. The van der Waals surface area contributed by atoms with Gasteiger partial charge in [0.15, 0.2) is 5.52 Å². The van der Waals surface area contributed by atoms with Crippen molar-refractivity contribution < 1.29 is 4.63 Å². The highest BCUT2D eigenvalue weighted by Crippen LogP contribution is 2.11. The van der Waals surface area contributed by atoms with E-state index >= 15 is 0 Å². The second-order valence-corrected chi connectivity index (χ2v) is 2.24. The third-order valence-corrected chi connectivity index (χ3v) is 1.58. The average Bonchev–Trinajstić information content (AvgIpc) is 2.50. The van der Waals surface area contributed by atoms with Gasteiger partial charge in [0.1, 0.15) is 5.52 Å². The van der Waals surface area contributed by atoms with E-state index in [1.807, 2.05) is 6.92 Å². The van der Waals surface area contributed by atoms with E-state index in [4.69, 9.17) is 0 Å². The number of aromatic nitrogens is 3. The number of rotatable bonds is 1. The molecule has 0 unspecified atom stereocenters. The Balaban J connectivity index is 2.79. The summed E-state index contributed by atoms with van der Waals surface area (Å²) in [6.45, 7) is 2.02. The number of pyridine rings is 1. The Hall–Kier alpha value is -1.45. The van der Waals surface area contributed by atoms with Gasteiger partial charge >= 0.3 is 0 Å². The molecule has 0 atom stereocenters. The largest absolute Gasteiger partial charge is 0.259 e. The van der Waals surface area contributed by atoms with Crippen molar-refractivity contribution in [3.8, 4) is 0 Å². The van der Waals surface area contributed by atoms with E-state index in [9.17, 15) is 0 Å². The van der Waals surface area contributed by atoms with Crippen LogP contribution in [0.2, 0.25) is 0 Å². The highest BCUT2D eigenvalue weighted by molar-refractivity contribution is 5.74. The summed E-state index contributed by atoms with van der Waals surface area (Å²) in [5.74, 6) is 0. The predicted molar refractivity (Wildman–Crippen MR) is 39.0 cm³/mol. The van der Waals surface area contributed by atoms with Crippen LogP contribution < -0.4 is 0 Å². The minimum Gasteiger partial charge on any atom is -0.259 e. The van der Waals surface area contributed by atoms with E-state index in [2.05, 4.69) is 19.9 Å². The summed E-state index contributed by atoms with van der Waals surface area (Å²) in [6, 6.07) is 1.78. The van der Waals surface area contributed by atoms with Gasteiger partial charge in [0.05, 0.1) is 5.69 Å². The van der Waals surface area contributed by atoms with Gasteiger partial charge in [-0.3, -0.25) is 4.98 Å². The first-order chi connectivity index (χ1) is 5.42. The van der Waals surface area contributed by atoms with Gasteiger partial charge in [0.2, 0.25) is 0 Å². The molecular formula is C7H7N3O. The second-order valence-electron chi connectivity index (χ2n) is 2.24. The van der Waals surface area contributed by atoms with Crippen LogP contribution in [0.25, 0.3) is 11.0 Å². The van der Waals surface area contributed by atoms with Crippen molar-refractivity contribution >= 4 is 11.0 Å². The Morgan fingerprint density at radius 3 is 3.18 bits per heavy atom. The zero-order valence-corrected chi connectivity index (χ0v) is 6.11. The minimum absolute atomic E-state index is 0.773. The molecule has 0 radical (unpaired) electrons.